The van der Waals surface area contributed by atoms with E-state index in [1.165, 1.54) is 12.8 Å². The maximum atomic E-state index is 12.8. The maximum Gasteiger partial charge on any atom is 0.245 e. The molecule has 2 fully saturated rings. The quantitative estimate of drug-likeness (QED) is 0.914. The molecule has 1 N–H and O–H groups in total. The van der Waals surface area contributed by atoms with Crippen molar-refractivity contribution in [3.05, 3.63) is 35.9 Å². The topological polar surface area (TPSA) is 32.3 Å². The molecule has 1 aromatic rings. The van der Waals surface area contributed by atoms with Crippen molar-refractivity contribution in [2.45, 2.75) is 51.9 Å². The summed E-state index contributed by atoms with van der Waals surface area (Å²) in [7, 11) is 0. The lowest BCUT2D eigenvalue weighted by Crippen LogP contribution is -2.43. The molecule has 1 heterocycles. The molecule has 4 unspecified atom stereocenters. The minimum Gasteiger partial charge on any atom is -0.322 e. The van der Waals surface area contributed by atoms with Crippen LogP contribution in [0.25, 0.3) is 0 Å². The van der Waals surface area contributed by atoms with Crippen molar-refractivity contribution >= 4 is 5.91 Å². The van der Waals surface area contributed by atoms with Crippen LogP contribution in [0.4, 0.5) is 0 Å². The highest BCUT2D eigenvalue weighted by Crippen LogP contribution is 2.43. The highest BCUT2D eigenvalue weighted by Gasteiger charge is 2.51. The molecule has 0 spiro atoms. The van der Waals surface area contributed by atoms with Crippen LogP contribution in [0.2, 0.25) is 0 Å². The Bertz CT molecular complexity index is 485. The Kier molecular flexibility index (Phi) is 3.55. The molecule has 4 atom stereocenters. The summed E-state index contributed by atoms with van der Waals surface area (Å²) in [4.78, 5) is 15.0. The number of rotatable bonds is 4. The van der Waals surface area contributed by atoms with Gasteiger partial charge in [-0.05, 0) is 23.8 Å². The average Bonchev–Trinajstić information content (AvgIpc) is 3.15. The van der Waals surface area contributed by atoms with Gasteiger partial charge in [-0.1, -0.05) is 57.5 Å². The fraction of sp³-hybridized carbons (Fsp3) is 0.588. The minimum atomic E-state index is -0.165. The molecule has 3 heteroatoms. The van der Waals surface area contributed by atoms with Crippen LogP contribution in [0.1, 0.15) is 45.2 Å². The van der Waals surface area contributed by atoms with Crippen molar-refractivity contribution in [2.24, 2.45) is 11.8 Å². The molecule has 0 bridgehead atoms. The van der Waals surface area contributed by atoms with E-state index in [2.05, 4.69) is 31.0 Å². The second kappa shape index (κ2) is 5.21. The van der Waals surface area contributed by atoms with Gasteiger partial charge >= 0.3 is 0 Å². The van der Waals surface area contributed by atoms with E-state index in [-0.39, 0.29) is 18.1 Å². The van der Waals surface area contributed by atoms with E-state index in [1.54, 1.807) is 0 Å². The molecule has 1 aliphatic carbocycles. The van der Waals surface area contributed by atoms with Gasteiger partial charge in [0.1, 0.15) is 6.04 Å². The normalized spacial score (nSPS) is 33.0. The predicted octanol–water partition coefficient (Wildman–Crippen LogP) is 2.94. The van der Waals surface area contributed by atoms with Crippen LogP contribution in [0, 0.1) is 11.8 Å². The van der Waals surface area contributed by atoms with Crippen LogP contribution in [0.15, 0.2) is 30.3 Å². The van der Waals surface area contributed by atoms with Crippen LogP contribution < -0.4 is 5.32 Å². The Morgan fingerprint density at radius 3 is 2.55 bits per heavy atom. The fourth-order valence-electron chi connectivity index (χ4n) is 3.39. The smallest absolute Gasteiger partial charge is 0.245 e. The second-order valence-corrected chi connectivity index (χ2v) is 6.42. The lowest BCUT2D eigenvalue weighted by Gasteiger charge is -2.27. The zero-order valence-corrected chi connectivity index (χ0v) is 12.5. The van der Waals surface area contributed by atoms with Crippen LogP contribution in [0.3, 0.4) is 0 Å². The van der Waals surface area contributed by atoms with Crippen molar-refractivity contribution in [3.63, 3.8) is 0 Å². The Balaban J connectivity index is 1.84. The summed E-state index contributed by atoms with van der Waals surface area (Å²) >= 11 is 0. The van der Waals surface area contributed by atoms with E-state index in [4.69, 9.17) is 0 Å². The molecule has 3 rings (SSSR count). The van der Waals surface area contributed by atoms with Gasteiger partial charge in [0.15, 0.2) is 0 Å². The van der Waals surface area contributed by atoms with E-state index in [0.29, 0.717) is 17.9 Å². The maximum absolute atomic E-state index is 12.8. The summed E-state index contributed by atoms with van der Waals surface area (Å²) in [6.07, 6.45) is 2.53. The van der Waals surface area contributed by atoms with Gasteiger partial charge in [-0.25, -0.2) is 0 Å². The number of carbonyl (C=O) groups is 1. The molecule has 1 saturated heterocycles. The van der Waals surface area contributed by atoms with Gasteiger partial charge in [-0.15, -0.1) is 0 Å². The van der Waals surface area contributed by atoms with Crippen molar-refractivity contribution in [1.82, 2.24) is 10.2 Å². The first-order chi connectivity index (χ1) is 9.63. The monoisotopic (exact) mass is 272 g/mol. The molecule has 20 heavy (non-hydrogen) atoms. The Morgan fingerprint density at radius 2 is 2.00 bits per heavy atom. The number of hydrogen-bond donors (Lipinski definition) is 1. The first kappa shape index (κ1) is 13.6. The molecule has 0 aromatic heterocycles. The first-order valence-corrected chi connectivity index (χ1v) is 7.76. The molecule has 1 amide bonds. The standard InChI is InChI=1S/C17H24N2O/c1-4-12-10-14(12)19-16(11(2)3)18-15(17(19)20)13-8-6-5-7-9-13/h5-9,11-12,14-16,18H,4,10H2,1-3H3. The lowest BCUT2D eigenvalue weighted by atomic mass is 10.1. The molecular weight excluding hydrogens is 248 g/mol. The van der Waals surface area contributed by atoms with Crippen molar-refractivity contribution in [2.75, 3.05) is 0 Å². The number of benzene rings is 1. The van der Waals surface area contributed by atoms with E-state index < -0.39 is 0 Å². The molecule has 2 aliphatic rings. The predicted molar refractivity (Wildman–Crippen MR) is 80.0 cm³/mol. The zero-order chi connectivity index (χ0) is 14.3. The zero-order valence-electron chi connectivity index (χ0n) is 12.5. The van der Waals surface area contributed by atoms with E-state index in [9.17, 15) is 4.79 Å². The molecule has 3 nitrogen and oxygen atoms in total. The SMILES string of the molecule is CCC1CC1N1C(=O)C(c2ccccc2)NC1C(C)C. The minimum absolute atomic E-state index is 0.165. The summed E-state index contributed by atoms with van der Waals surface area (Å²) < 4.78 is 0. The molecule has 1 saturated carbocycles. The van der Waals surface area contributed by atoms with Gasteiger partial charge in [0, 0.05) is 6.04 Å². The van der Waals surface area contributed by atoms with Gasteiger partial charge in [0.05, 0.1) is 6.17 Å². The number of nitrogens with one attached hydrogen (secondary N) is 1. The average molecular weight is 272 g/mol. The van der Waals surface area contributed by atoms with Gasteiger partial charge < -0.3 is 4.90 Å². The third kappa shape index (κ3) is 2.24. The van der Waals surface area contributed by atoms with E-state index >= 15 is 0 Å². The Labute approximate surface area is 121 Å². The molecule has 1 aromatic carbocycles. The number of amides is 1. The molecule has 0 radical (unpaired) electrons. The molecular formula is C17H24N2O. The fourth-order valence-corrected chi connectivity index (χ4v) is 3.39. The number of carbonyl (C=O) groups excluding carboxylic acids is 1. The van der Waals surface area contributed by atoms with Crippen molar-refractivity contribution < 1.29 is 4.79 Å². The second-order valence-electron chi connectivity index (χ2n) is 6.42. The van der Waals surface area contributed by atoms with Gasteiger partial charge in [-0.2, -0.15) is 0 Å². The first-order valence-electron chi connectivity index (χ1n) is 7.76. The largest absolute Gasteiger partial charge is 0.322 e. The summed E-state index contributed by atoms with van der Waals surface area (Å²) in [6.45, 7) is 6.60. The third-order valence-electron chi connectivity index (χ3n) is 4.67. The van der Waals surface area contributed by atoms with Crippen LogP contribution in [-0.2, 0) is 4.79 Å². The van der Waals surface area contributed by atoms with Gasteiger partial charge in [0.25, 0.3) is 0 Å². The highest BCUT2D eigenvalue weighted by molar-refractivity contribution is 5.86. The van der Waals surface area contributed by atoms with Crippen LogP contribution in [-0.4, -0.2) is 23.0 Å². The van der Waals surface area contributed by atoms with E-state index in [1.807, 2.05) is 30.3 Å². The van der Waals surface area contributed by atoms with Crippen molar-refractivity contribution in [3.8, 4) is 0 Å². The van der Waals surface area contributed by atoms with Crippen molar-refractivity contribution in [1.29, 1.82) is 0 Å². The number of hydrogen-bond acceptors (Lipinski definition) is 2. The molecule has 1 aliphatic heterocycles. The molecule has 108 valence electrons. The lowest BCUT2D eigenvalue weighted by molar-refractivity contribution is -0.131. The van der Waals surface area contributed by atoms with Gasteiger partial charge in [0.2, 0.25) is 5.91 Å². The summed E-state index contributed by atoms with van der Waals surface area (Å²) in [6, 6.07) is 10.4. The third-order valence-corrected chi connectivity index (χ3v) is 4.67. The Hall–Kier alpha value is -1.35. The number of nitrogens with zero attached hydrogens (tertiary/aromatic N) is 1. The van der Waals surface area contributed by atoms with Gasteiger partial charge in [-0.3, -0.25) is 10.1 Å². The summed E-state index contributed by atoms with van der Waals surface area (Å²) in [5, 5.41) is 3.55. The van der Waals surface area contributed by atoms with Crippen LogP contribution >= 0.6 is 0 Å². The van der Waals surface area contributed by atoms with E-state index in [0.717, 1.165) is 5.56 Å². The highest BCUT2D eigenvalue weighted by atomic mass is 16.2. The Morgan fingerprint density at radius 1 is 1.30 bits per heavy atom. The summed E-state index contributed by atoms with van der Waals surface area (Å²) in [5.74, 6) is 1.40. The van der Waals surface area contributed by atoms with Crippen LogP contribution in [0.5, 0.6) is 0 Å². The summed E-state index contributed by atoms with van der Waals surface area (Å²) in [5.41, 5.74) is 1.08.